The standard InChI is InChI=1S/C13H18FNO2/c1-9(15)12-5-4-10(7-13(12)14)17-8-11-3-2-6-16-11/h4-5,7,9,11H,2-3,6,8,15H2,1H3. The molecule has 4 heteroatoms. The van der Waals surface area contributed by atoms with Gasteiger partial charge in [0.05, 0.1) is 6.10 Å². The van der Waals surface area contributed by atoms with Crippen LogP contribution in [0.15, 0.2) is 18.2 Å². The quantitative estimate of drug-likeness (QED) is 0.877. The number of halogens is 1. The topological polar surface area (TPSA) is 44.5 Å². The molecule has 3 nitrogen and oxygen atoms in total. The maximum Gasteiger partial charge on any atom is 0.131 e. The van der Waals surface area contributed by atoms with Gasteiger partial charge in [-0.05, 0) is 25.8 Å². The molecule has 1 aromatic rings. The Morgan fingerprint density at radius 3 is 3.00 bits per heavy atom. The lowest BCUT2D eigenvalue weighted by molar-refractivity contribution is 0.0678. The van der Waals surface area contributed by atoms with Crippen LogP contribution < -0.4 is 10.5 Å². The monoisotopic (exact) mass is 239 g/mol. The number of hydrogen-bond donors (Lipinski definition) is 1. The molecule has 1 aliphatic rings. The van der Waals surface area contributed by atoms with Crippen LogP contribution in [0.25, 0.3) is 0 Å². The van der Waals surface area contributed by atoms with Crippen molar-refractivity contribution in [3.63, 3.8) is 0 Å². The highest BCUT2D eigenvalue weighted by molar-refractivity contribution is 5.30. The molecule has 2 N–H and O–H groups in total. The number of rotatable bonds is 4. The van der Waals surface area contributed by atoms with Gasteiger partial charge in [0, 0.05) is 24.3 Å². The first-order valence-electron chi connectivity index (χ1n) is 5.96. The van der Waals surface area contributed by atoms with Gasteiger partial charge in [-0.15, -0.1) is 0 Å². The minimum Gasteiger partial charge on any atom is -0.491 e. The lowest BCUT2D eigenvalue weighted by Gasteiger charge is -2.13. The summed E-state index contributed by atoms with van der Waals surface area (Å²) in [5.74, 6) is 0.215. The molecule has 0 aromatic heterocycles. The van der Waals surface area contributed by atoms with Gasteiger partial charge in [-0.2, -0.15) is 0 Å². The van der Waals surface area contributed by atoms with Crippen molar-refractivity contribution in [3.05, 3.63) is 29.6 Å². The van der Waals surface area contributed by atoms with Gasteiger partial charge in [0.1, 0.15) is 18.2 Å². The van der Waals surface area contributed by atoms with E-state index in [1.807, 2.05) is 0 Å². The van der Waals surface area contributed by atoms with Gasteiger partial charge in [0.25, 0.3) is 0 Å². The summed E-state index contributed by atoms with van der Waals surface area (Å²) in [5.41, 5.74) is 6.15. The molecular weight excluding hydrogens is 221 g/mol. The fraction of sp³-hybridized carbons (Fsp3) is 0.538. The summed E-state index contributed by atoms with van der Waals surface area (Å²) < 4.78 is 24.5. The molecule has 0 aliphatic carbocycles. The summed E-state index contributed by atoms with van der Waals surface area (Å²) in [6.07, 6.45) is 2.23. The lowest BCUT2D eigenvalue weighted by Crippen LogP contribution is -2.16. The van der Waals surface area contributed by atoms with Gasteiger partial charge in [-0.25, -0.2) is 4.39 Å². The van der Waals surface area contributed by atoms with Crippen LogP contribution >= 0.6 is 0 Å². The van der Waals surface area contributed by atoms with Crippen LogP contribution in [0, 0.1) is 5.82 Å². The van der Waals surface area contributed by atoms with Crippen LogP contribution in [0.5, 0.6) is 5.75 Å². The molecule has 17 heavy (non-hydrogen) atoms. The van der Waals surface area contributed by atoms with Crippen molar-refractivity contribution in [2.75, 3.05) is 13.2 Å². The minimum absolute atomic E-state index is 0.145. The van der Waals surface area contributed by atoms with Crippen molar-refractivity contribution in [2.24, 2.45) is 5.73 Å². The molecule has 2 atom stereocenters. The summed E-state index contributed by atoms with van der Waals surface area (Å²) in [4.78, 5) is 0. The number of benzene rings is 1. The summed E-state index contributed by atoms with van der Waals surface area (Å²) in [7, 11) is 0. The van der Waals surface area contributed by atoms with E-state index in [-0.39, 0.29) is 18.0 Å². The normalized spacial score (nSPS) is 21.5. The minimum atomic E-state index is -0.315. The highest BCUT2D eigenvalue weighted by Crippen LogP contribution is 2.21. The Bertz CT molecular complexity index is 376. The van der Waals surface area contributed by atoms with Gasteiger partial charge in [0.2, 0.25) is 0 Å². The first-order chi connectivity index (χ1) is 8.16. The zero-order valence-corrected chi connectivity index (χ0v) is 9.99. The fourth-order valence-corrected chi connectivity index (χ4v) is 1.93. The molecule has 1 fully saturated rings. The third kappa shape index (κ3) is 3.17. The smallest absolute Gasteiger partial charge is 0.131 e. The van der Waals surface area contributed by atoms with E-state index in [1.165, 1.54) is 6.07 Å². The van der Waals surface area contributed by atoms with Gasteiger partial charge in [-0.3, -0.25) is 0 Å². The second-order valence-corrected chi connectivity index (χ2v) is 4.42. The Hall–Kier alpha value is -1.13. The molecule has 0 amide bonds. The maximum absolute atomic E-state index is 13.6. The first kappa shape index (κ1) is 12.3. The van der Waals surface area contributed by atoms with E-state index in [2.05, 4.69) is 0 Å². The van der Waals surface area contributed by atoms with Crippen molar-refractivity contribution in [1.82, 2.24) is 0 Å². The maximum atomic E-state index is 13.6. The molecule has 94 valence electrons. The Balaban J connectivity index is 1.94. The highest BCUT2D eigenvalue weighted by Gasteiger charge is 2.16. The molecule has 1 heterocycles. The number of nitrogens with two attached hydrogens (primary N) is 1. The van der Waals surface area contributed by atoms with E-state index >= 15 is 0 Å². The molecule has 2 rings (SSSR count). The molecule has 1 aromatic carbocycles. The van der Waals surface area contributed by atoms with Crippen molar-refractivity contribution in [1.29, 1.82) is 0 Å². The molecule has 2 unspecified atom stereocenters. The zero-order chi connectivity index (χ0) is 12.3. The van der Waals surface area contributed by atoms with Crippen LogP contribution in [0.2, 0.25) is 0 Å². The Labute approximate surface area is 101 Å². The van der Waals surface area contributed by atoms with Crippen LogP contribution in [0.3, 0.4) is 0 Å². The zero-order valence-electron chi connectivity index (χ0n) is 9.99. The van der Waals surface area contributed by atoms with Gasteiger partial charge in [0.15, 0.2) is 0 Å². The highest BCUT2D eigenvalue weighted by atomic mass is 19.1. The molecule has 0 radical (unpaired) electrons. The van der Waals surface area contributed by atoms with E-state index in [1.54, 1.807) is 19.1 Å². The first-order valence-corrected chi connectivity index (χ1v) is 5.96. The van der Waals surface area contributed by atoms with Gasteiger partial charge >= 0.3 is 0 Å². The third-order valence-corrected chi connectivity index (χ3v) is 2.92. The van der Waals surface area contributed by atoms with Crippen molar-refractivity contribution < 1.29 is 13.9 Å². The molecule has 0 saturated carbocycles. The summed E-state index contributed by atoms with van der Waals surface area (Å²) in [6.45, 7) is 3.04. The largest absolute Gasteiger partial charge is 0.491 e. The molecule has 0 bridgehead atoms. The second-order valence-electron chi connectivity index (χ2n) is 4.42. The SMILES string of the molecule is CC(N)c1ccc(OCC2CCCO2)cc1F. The summed E-state index contributed by atoms with van der Waals surface area (Å²) in [5, 5.41) is 0. The second kappa shape index (κ2) is 5.47. The average molecular weight is 239 g/mol. The lowest BCUT2D eigenvalue weighted by atomic mass is 10.1. The van der Waals surface area contributed by atoms with Crippen molar-refractivity contribution in [2.45, 2.75) is 31.9 Å². The van der Waals surface area contributed by atoms with Crippen molar-refractivity contribution in [3.8, 4) is 5.75 Å². The Morgan fingerprint density at radius 1 is 1.59 bits per heavy atom. The number of hydrogen-bond acceptors (Lipinski definition) is 3. The average Bonchev–Trinajstić information content (AvgIpc) is 2.78. The van der Waals surface area contributed by atoms with Crippen LogP contribution in [-0.4, -0.2) is 19.3 Å². The summed E-state index contributed by atoms with van der Waals surface area (Å²) >= 11 is 0. The third-order valence-electron chi connectivity index (χ3n) is 2.92. The van der Waals surface area contributed by atoms with E-state index in [0.29, 0.717) is 17.9 Å². The Kier molecular flexibility index (Phi) is 3.97. The molecular formula is C13H18FNO2. The number of ether oxygens (including phenoxy) is 2. The van der Waals surface area contributed by atoms with Gasteiger partial charge < -0.3 is 15.2 Å². The molecule has 1 saturated heterocycles. The van der Waals surface area contributed by atoms with Gasteiger partial charge in [-0.1, -0.05) is 6.07 Å². The van der Waals surface area contributed by atoms with Crippen LogP contribution in [0.1, 0.15) is 31.4 Å². The summed E-state index contributed by atoms with van der Waals surface area (Å²) in [6, 6.07) is 4.50. The van der Waals surface area contributed by atoms with E-state index < -0.39 is 0 Å². The Morgan fingerprint density at radius 2 is 2.41 bits per heavy atom. The fourth-order valence-electron chi connectivity index (χ4n) is 1.93. The molecule has 1 aliphatic heterocycles. The van der Waals surface area contributed by atoms with E-state index in [4.69, 9.17) is 15.2 Å². The predicted octanol–water partition coefficient (Wildman–Crippen LogP) is 2.40. The van der Waals surface area contributed by atoms with Crippen LogP contribution in [0.4, 0.5) is 4.39 Å². The van der Waals surface area contributed by atoms with Crippen LogP contribution in [-0.2, 0) is 4.74 Å². The predicted molar refractivity (Wildman–Crippen MR) is 63.5 cm³/mol. The van der Waals surface area contributed by atoms with E-state index in [0.717, 1.165) is 19.4 Å². The van der Waals surface area contributed by atoms with Crippen molar-refractivity contribution >= 4 is 0 Å². The van der Waals surface area contributed by atoms with E-state index in [9.17, 15) is 4.39 Å². The molecule has 0 spiro atoms.